The Morgan fingerprint density at radius 1 is 1.50 bits per heavy atom. The van der Waals surface area contributed by atoms with E-state index in [0.29, 0.717) is 0 Å². The largest absolute Gasteiger partial charge is 0.262 e. The molecule has 0 unspecified atom stereocenters. The zero-order valence-corrected chi connectivity index (χ0v) is 5.83. The van der Waals surface area contributed by atoms with Crippen molar-refractivity contribution in [1.82, 2.24) is 4.98 Å². The number of nitrogens with zero attached hydrogens (tertiary/aromatic N) is 2. The van der Waals surface area contributed by atoms with E-state index in [0.717, 1.165) is 12.0 Å². The molecular weight excluding hydrogens is 124 g/mol. The van der Waals surface area contributed by atoms with E-state index in [-0.39, 0.29) is 0 Å². The van der Waals surface area contributed by atoms with Crippen LogP contribution in [-0.2, 0) is 0 Å². The Hall–Kier alpha value is -1.18. The summed E-state index contributed by atoms with van der Waals surface area (Å²) >= 11 is 0. The van der Waals surface area contributed by atoms with Crippen LogP contribution in [0.25, 0.3) is 5.57 Å². The lowest BCUT2D eigenvalue weighted by Crippen LogP contribution is -2.25. The molecule has 0 fully saturated rings. The van der Waals surface area contributed by atoms with Crippen molar-refractivity contribution in [3.05, 3.63) is 29.0 Å². The highest BCUT2D eigenvalue weighted by molar-refractivity contribution is 5.44. The molecule has 1 aliphatic rings. The van der Waals surface area contributed by atoms with Crippen LogP contribution in [0.4, 0.5) is 0 Å². The maximum atomic E-state index is 4.23. The van der Waals surface area contributed by atoms with E-state index < -0.39 is 0 Å². The van der Waals surface area contributed by atoms with Crippen molar-refractivity contribution < 1.29 is 0 Å². The molecule has 0 saturated carbocycles. The number of aromatic nitrogens is 1. The van der Waals surface area contributed by atoms with Crippen molar-refractivity contribution in [2.24, 2.45) is 4.99 Å². The zero-order valence-electron chi connectivity index (χ0n) is 5.83. The van der Waals surface area contributed by atoms with Gasteiger partial charge in [0.1, 0.15) is 0 Å². The van der Waals surface area contributed by atoms with Gasteiger partial charge < -0.3 is 0 Å². The molecule has 0 N–H and O–H groups in total. The predicted molar refractivity (Wildman–Crippen MR) is 39.0 cm³/mol. The van der Waals surface area contributed by atoms with Gasteiger partial charge in [-0.3, -0.25) is 4.99 Å². The first-order chi connectivity index (χ1) is 4.88. The molecule has 1 aromatic rings. The topological polar surface area (TPSA) is 25.2 Å². The van der Waals surface area contributed by atoms with Gasteiger partial charge in [-0.25, -0.2) is 4.98 Å². The molecule has 0 amide bonds. The Morgan fingerprint density at radius 3 is 3.20 bits per heavy atom. The minimum atomic E-state index is 0.826. The van der Waals surface area contributed by atoms with Gasteiger partial charge in [-0.1, -0.05) is 0 Å². The van der Waals surface area contributed by atoms with E-state index in [1.807, 2.05) is 6.07 Å². The normalized spacial score (nSPS) is 14.7. The molecule has 0 aromatic carbocycles. The first-order valence-electron chi connectivity index (χ1n) is 3.33. The summed E-state index contributed by atoms with van der Waals surface area (Å²) in [6, 6.07) is 4.01. The zero-order chi connectivity index (χ0) is 6.97. The van der Waals surface area contributed by atoms with Gasteiger partial charge in [0.15, 0.2) is 5.49 Å². The summed E-state index contributed by atoms with van der Waals surface area (Å²) < 4.78 is 0. The molecule has 0 atom stereocenters. The van der Waals surface area contributed by atoms with Crippen molar-refractivity contribution in [3.8, 4) is 0 Å². The third kappa shape index (κ3) is 0.652. The molecule has 10 heavy (non-hydrogen) atoms. The molecule has 2 nitrogen and oxygen atoms in total. The molecule has 0 bridgehead atoms. The van der Waals surface area contributed by atoms with Crippen LogP contribution in [0.5, 0.6) is 0 Å². The van der Waals surface area contributed by atoms with E-state index in [1.165, 1.54) is 10.8 Å². The smallest absolute Gasteiger partial charge is 0.154 e. The van der Waals surface area contributed by atoms with Gasteiger partial charge in [0.25, 0.3) is 0 Å². The Labute approximate surface area is 58.9 Å². The molecule has 1 aliphatic heterocycles. The molecule has 2 rings (SSSR count). The monoisotopic (exact) mass is 132 g/mol. The average Bonchev–Trinajstić information content (AvgIpc) is 2.34. The predicted octanol–water partition coefficient (Wildman–Crippen LogP) is -0.115. The molecular formula is C8H8N2. The highest BCUT2D eigenvalue weighted by atomic mass is 14.8. The Morgan fingerprint density at radius 2 is 2.40 bits per heavy atom. The first kappa shape index (κ1) is 5.59. The second-order valence-corrected chi connectivity index (χ2v) is 2.47. The van der Waals surface area contributed by atoms with E-state index in [1.54, 1.807) is 6.20 Å². The maximum absolute atomic E-state index is 4.23. The fourth-order valence-corrected chi connectivity index (χ4v) is 1.13. The number of rotatable bonds is 0. The molecule has 50 valence electrons. The van der Waals surface area contributed by atoms with Crippen LogP contribution in [0.2, 0.25) is 0 Å². The average molecular weight is 132 g/mol. The summed E-state index contributed by atoms with van der Waals surface area (Å²) in [5, 5.41) is 1.21. The van der Waals surface area contributed by atoms with E-state index in [2.05, 4.69) is 23.0 Å². The van der Waals surface area contributed by atoms with Crippen LogP contribution < -0.4 is 10.7 Å². The summed E-state index contributed by atoms with van der Waals surface area (Å²) in [5.74, 6) is 0. The highest BCUT2D eigenvalue weighted by Gasteiger charge is 1.99. The van der Waals surface area contributed by atoms with Gasteiger partial charge in [0.2, 0.25) is 0 Å². The fourth-order valence-electron chi connectivity index (χ4n) is 1.13. The highest BCUT2D eigenvalue weighted by Crippen LogP contribution is 1.91. The molecule has 0 saturated heterocycles. The Kier molecular flexibility index (Phi) is 1.07. The van der Waals surface area contributed by atoms with E-state index >= 15 is 0 Å². The molecule has 1 aromatic heterocycles. The van der Waals surface area contributed by atoms with Crippen LogP contribution in [0.15, 0.2) is 23.3 Å². The summed E-state index contributed by atoms with van der Waals surface area (Å²) in [4.78, 5) is 8.35. The van der Waals surface area contributed by atoms with Crippen LogP contribution in [-0.4, -0.2) is 11.5 Å². The van der Waals surface area contributed by atoms with Crippen LogP contribution in [0.3, 0.4) is 0 Å². The van der Waals surface area contributed by atoms with Gasteiger partial charge in [-0.15, -0.1) is 0 Å². The fraction of sp³-hybridized carbons (Fsp3) is 0.250. The van der Waals surface area contributed by atoms with E-state index in [9.17, 15) is 0 Å². The summed E-state index contributed by atoms with van der Waals surface area (Å²) in [7, 11) is 0. The lowest BCUT2D eigenvalue weighted by molar-refractivity contribution is 1.09. The van der Waals surface area contributed by atoms with Gasteiger partial charge in [0.05, 0.1) is 6.54 Å². The molecule has 0 radical (unpaired) electrons. The minimum Gasteiger partial charge on any atom is -0.262 e. The van der Waals surface area contributed by atoms with Crippen molar-refractivity contribution >= 4 is 5.57 Å². The van der Waals surface area contributed by atoms with Crippen molar-refractivity contribution in [2.75, 3.05) is 6.54 Å². The van der Waals surface area contributed by atoms with Crippen LogP contribution >= 0.6 is 0 Å². The van der Waals surface area contributed by atoms with Gasteiger partial charge in [0, 0.05) is 11.4 Å². The number of fused-ring (bicyclic) bond motifs is 1. The quantitative estimate of drug-likeness (QED) is 0.483. The maximum Gasteiger partial charge on any atom is 0.154 e. The van der Waals surface area contributed by atoms with Gasteiger partial charge >= 0.3 is 0 Å². The van der Waals surface area contributed by atoms with Gasteiger partial charge in [-0.05, 0) is 24.6 Å². The molecule has 0 spiro atoms. The summed E-state index contributed by atoms with van der Waals surface area (Å²) in [5.41, 5.74) is 2.23. The second-order valence-electron chi connectivity index (χ2n) is 2.47. The van der Waals surface area contributed by atoms with Crippen LogP contribution in [0, 0.1) is 0 Å². The lowest BCUT2D eigenvalue weighted by atomic mass is 10.2. The Balaban J connectivity index is 2.96. The molecule has 2 heteroatoms. The van der Waals surface area contributed by atoms with Crippen LogP contribution in [0.1, 0.15) is 6.92 Å². The minimum absolute atomic E-state index is 0.826. The molecule has 2 heterocycles. The van der Waals surface area contributed by atoms with Gasteiger partial charge in [-0.2, -0.15) is 0 Å². The SMILES string of the molecule is CC1=c2cccnc2=NC1. The standard InChI is InChI=1S/C8H8N2/c1-6-5-10-8-7(6)3-2-4-9-8/h2-4H,5H2,1H3. The van der Waals surface area contributed by atoms with Crippen molar-refractivity contribution in [3.63, 3.8) is 0 Å². The van der Waals surface area contributed by atoms with Crippen molar-refractivity contribution in [1.29, 1.82) is 0 Å². The van der Waals surface area contributed by atoms with E-state index in [4.69, 9.17) is 0 Å². The number of hydrogen-bond donors (Lipinski definition) is 0. The summed E-state index contributed by atoms with van der Waals surface area (Å²) in [6.45, 7) is 2.92. The van der Waals surface area contributed by atoms with Crippen molar-refractivity contribution in [2.45, 2.75) is 6.92 Å². The second kappa shape index (κ2) is 1.90. The lowest BCUT2D eigenvalue weighted by Gasteiger charge is -1.83. The number of hydrogen-bond acceptors (Lipinski definition) is 2. The first-order valence-corrected chi connectivity index (χ1v) is 3.33. The summed E-state index contributed by atoms with van der Waals surface area (Å²) in [6.07, 6.45) is 1.78. The third-order valence-corrected chi connectivity index (χ3v) is 1.71. The molecule has 0 aliphatic carbocycles. The Bertz CT molecular complexity index is 365. The third-order valence-electron chi connectivity index (χ3n) is 1.71. The number of pyridine rings is 1.